The highest BCUT2D eigenvalue weighted by atomic mass is 35.5. The first-order chi connectivity index (χ1) is 16.4. The zero-order chi connectivity index (χ0) is 23.8. The maximum Gasteiger partial charge on any atom is 0.326 e. The Hall–Kier alpha value is -4.04. The third kappa shape index (κ3) is 4.04. The molecule has 0 saturated carbocycles. The Morgan fingerprint density at radius 3 is 2.50 bits per heavy atom. The molecule has 0 radical (unpaired) electrons. The molecule has 5 rings (SSSR count). The van der Waals surface area contributed by atoms with E-state index in [0.29, 0.717) is 33.1 Å². The average Bonchev–Trinajstić information content (AvgIpc) is 3.29. The lowest BCUT2D eigenvalue weighted by Gasteiger charge is -2.35. The highest BCUT2D eigenvalue weighted by Gasteiger charge is 2.36. The van der Waals surface area contributed by atoms with Crippen LogP contribution in [0.1, 0.15) is 24.4 Å². The van der Waals surface area contributed by atoms with Gasteiger partial charge in [-0.3, -0.25) is 4.90 Å². The van der Waals surface area contributed by atoms with Crippen LogP contribution in [0, 0.1) is 11.6 Å². The second-order valence-electron chi connectivity index (χ2n) is 7.68. The lowest BCUT2D eigenvalue weighted by atomic mass is 9.94. The van der Waals surface area contributed by atoms with E-state index in [0.717, 1.165) is 0 Å². The van der Waals surface area contributed by atoms with Gasteiger partial charge in [-0.05, 0) is 55.0 Å². The maximum atomic E-state index is 13.7. The largest absolute Gasteiger partial charge is 0.334 e. The Kier molecular flexibility index (Phi) is 5.59. The molecular weight excluding hydrogens is 462 g/mol. The highest BCUT2D eigenvalue weighted by Crippen LogP contribution is 2.39. The number of halogens is 3. The molecule has 1 aromatic heterocycles. The molecule has 34 heavy (non-hydrogen) atoms. The fourth-order valence-corrected chi connectivity index (χ4v) is 4.11. The second kappa shape index (κ2) is 8.72. The molecule has 9 heteroatoms. The van der Waals surface area contributed by atoms with Crippen molar-refractivity contribution in [3.8, 4) is 11.4 Å². The van der Waals surface area contributed by atoms with Gasteiger partial charge in [-0.1, -0.05) is 47.1 Å². The number of benzene rings is 3. The van der Waals surface area contributed by atoms with Crippen molar-refractivity contribution in [2.75, 3.05) is 4.90 Å². The van der Waals surface area contributed by atoms with Crippen molar-refractivity contribution in [3.63, 3.8) is 0 Å². The summed E-state index contributed by atoms with van der Waals surface area (Å²) in [5, 5.41) is 7.41. The molecule has 0 spiro atoms. The first-order valence-electron chi connectivity index (χ1n) is 10.3. The molecule has 1 aliphatic rings. The molecule has 0 bridgehead atoms. The third-order valence-electron chi connectivity index (χ3n) is 5.49. The molecule has 3 aromatic carbocycles. The van der Waals surface area contributed by atoms with Crippen molar-refractivity contribution >= 4 is 28.9 Å². The molecule has 0 saturated heterocycles. The number of nitrogens with one attached hydrogen (secondary N) is 1. The van der Waals surface area contributed by atoms with Gasteiger partial charge in [0.1, 0.15) is 11.6 Å². The molecule has 1 aliphatic heterocycles. The van der Waals surface area contributed by atoms with E-state index in [1.165, 1.54) is 29.2 Å². The number of hydrogen-bond donors (Lipinski definition) is 1. The van der Waals surface area contributed by atoms with Gasteiger partial charge in [-0.15, -0.1) is 0 Å². The zero-order valence-corrected chi connectivity index (χ0v) is 18.6. The van der Waals surface area contributed by atoms with E-state index < -0.39 is 23.7 Å². The van der Waals surface area contributed by atoms with E-state index in [2.05, 4.69) is 15.5 Å². The smallest absolute Gasteiger partial charge is 0.326 e. The van der Waals surface area contributed by atoms with E-state index >= 15 is 0 Å². The number of allylic oxidation sites excluding steroid dienone is 1. The van der Waals surface area contributed by atoms with Crippen LogP contribution in [0.25, 0.3) is 17.0 Å². The van der Waals surface area contributed by atoms with E-state index in [-0.39, 0.29) is 11.7 Å². The van der Waals surface area contributed by atoms with Crippen LogP contribution in [0.5, 0.6) is 0 Å². The van der Waals surface area contributed by atoms with Crippen LogP contribution in [-0.2, 0) is 0 Å². The van der Waals surface area contributed by atoms with E-state index in [9.17, 15) is 13.6 Å². The number of rotatable bonds is 4. The van der Waals surface area contributed by atoms with Gasteiger partial charge < -0.3 is 9.84 Å². The van der Waals surface area contributed by atoms with Crippen molar-refractivity contribution in [1.29, 1.82) is 0 Å². The molecule has 1 N–H and O–H groups in total. The Morgan fingerprint density at radius 2 is 1.76 bits per heavy atom. The third-order valence-corrected chi connectivity index (χ3v) is 5.73. The SMILES string of the molecule is CC1=C(c2nc(-c3cccc(F)c3)no2)C(c2ccc(F)cc2)NC(=O)N1c1cccc(Cl)c1. The fourth-order valence-electron chi connectivity index (χ4n) is 3.93. The summed E-state index contributed by atoms with van der Waals surface area (Å²) < 4.78 is 32.9. The van der Waals surface area contributed by atoms with Gasteiger partial charge in [0.2, 0.25) is 5.82 Å². The molecule has 170 valence electrons. The number of urea groups is 1. The summed E-state index contributed by atoms with van der Waals surface area (Å²) in [4.78, 5) is 19.1. The topological polar surface area (TPSA) is 71.3 Å². The van der Waals surface area contributed by atoms with Crippen molar-refractivity contribution < 1.29 is 18.1 Å². The van der Waals surface area contributed by atoms with Crippen molar-refractivity contribution in [1.82, 2.24) is 15.5 Å². The number of anilines is 1. The summed E-state index contributed by atoms with van der Waals surface area (Å²) >= 11 is 6.15. The van der Waals surface area contributed by atoms with Gasteiger partial charge >= 0.3 is 6.03 Å². The number of hydrogen-bond acceptors (Lipinski definition) is 4. The number of aromatic nitrogens is 2. The summed E-state index contributed by atoms with van der Waals surface area (Å²) in [6.07, 6.45) is 0. The van der Waals surface area contributed by atoms with Crippen LogP contribution in [0.2, 0.25) is 5.02 Å². The number of amides is 2. The maximum absolute atomic E-state index is 13.7. The first kappa shape index (κ1) is 21.8. The molecule has 2 amide bonds. The zero-order valence-electron chi connectivity index (χ0n) is 17.8. The lowest BCUT2D eigenvalue weighted by Crippen LogP contribution is -2.46. The predicted molar refractivity (Wildman–Crippen MR) is 124 cm³/mol. The minimum absolute atomic E-state index is 0.137. The van der Waals surface area contributed by atoms with E-state index in [1.54, 1.807) is 55.5 Å². The van der Waals surface area contributed by atoms with Crippen molar-refractivity contribution in [2.45, 2.75) is 13.0 Å². The molecule has 6 nitrogen and oxygen atoms in total. The Labute approximate surface area is 198 Å². The number of carbonyl (C=O) groups excluding carboxylic acids is 1. The Bertz CT molecular complexity index is 1420. The molecule has 2 heterocycles. The summed E-state index contributed by atoms with van der Waals surface area (Å²) in [6.45, 7) is 1.75. The summed E-state index contributed by atoms with van der Waals surface area (Å²) in [6, 6.07) is 17.4. The Balaban J connectivity index is 1.66. The van der Waals surface area contributed by atoms with Gasteiger partial charge in [-0.2, -0.15) is 4.98 Å². The first-order valence-corrected chi connectivity index (χ1v) is 10.7. The molecule has 0 aliphatic carbocycles. The average molecular weight is 479 g/mol. The second-order valence-corrected chi connectivity index (χ2v) is 8.12. The van der Waals surface area contributed by atoms with E-state index in [4.69, 9.17) is 16.1 Å². The van der Waals surface area contributed by atoms with Crippen LogP contribution in [0.3, 0.4) is 0 Å². The van der Waals surface area contributed by atoms with Gasteiger partial charge in [0.05, 0.1) is 17.3 Å². The summed E-state index contributed by atoms with van der Waals surface area (Å²) in [5.74, 6) is -0.502. The molecule has 1 unspecified atom stereocenters. The molecule has 4 aromatic rings. The highest BCUT2D eigenvalue weighted by molar-refractivity contribution is 6.31. The molecule has 0 fully saturated rings. The Morgan fingerprint density at radius 1 is 1.00 bits per heavy atom. The molecule has 1 atom stereocenters. The van der Waals surface area contributed by atoms with Crippen molar-refractivity contribution in [3.05, 3.63) is 107 Å². The normalized spacial score (nSPS) is 16.1. The van der Waals surface area contributed by atoms with Gasteiger partial charge in [-0.25, -0.2) is 13.6 Å². The van der Waals surface area contributed by atoms with Crippen LogP contribution < -0.4 is 10.2 Å². The van der Waals surface area contributed by atoms with Gasteiger partial charge in [0.25, 0.3) is 5.89 Å². The number of nitrogens with zero attached hydrogens (tertiary/aromatic N) is 3. The monoisotopic (exact) mass is 478 g/mol. The predicted octanol–water partition coefficient (Wildman–Crippen LogP) is 6.37. The standard InChI is InChI=1S/C25H17ClF2N4O2/c1-14-21(24-30-23(31-34-24)16-4-2-6-19(28)12-16)22(15-8-10-18(27)11-9-15)29-25(33)32(14)20-7-3-5-17(26)13-20/h2-13,22H,1H3,(H,29,33). The number of carbonyl (C=O) groups is 1. The minimum atomic E-state index is -0.690. The lowest BCUT2D eigenvalue weighted by molar-refractivity contribution is 0.244. The van der Waals surface area contributed by atoms with Crippen LogP contribution in [0.4, 0.5) is 19.3 Å². The summed E-state index contributed by atoms with van der Waals surface area (Å²) in [5.41, 5.74) is 2.65. The van der Waals surface area contributed by atoms with Crippen LogP contribution >= 0.6 is 11.6 Å². The fraction of sp³-hybridized carbons (Fsp3) is 0.0800. The van der Waals surface area contributed by atoms with Crippen LogP contribution in [-0.4, -0.2) is 16.2 Å². The molecular formula is C25H17ClF2N4O2. The quantitative estimate of drug-likeness (QED) is 0.370. The van der Waals surface area contributed by atoms with Crippen molar-refractivity contribution in [2.24, 2.45) is 0 Å². The van der Waals surface area contributed by atoms with E-state index in [1.807, 2.05) is 0 Å². The summed E-state index contributed by atoms with van der Waals surface area (Å²) in [7, 11) is 0. The minimum Gasteiger partial charge on any atom is -0.334 e. The van der Waals surface area contributed by atoms with Gasteiger partial charge in [0.15, 0.2) is 0 Å². The van der Waals surface area contributed by atoms with Gasteiger partial charge in [0, 0.05) is 16.3 Å². The van der Waals surface area contributed by atoms with Crippen LogP contribution in [0.15, 0.2) is 83.0 Å².